The molecule has 1 aliphatic heterocycles. The van der Waals surface area contributed by atoms with E-state index in [9.17, 15) is 14.4 Å². The number of hydrogen-bond donors (Lipinski definition) is 1. The van der Waals surface area contributed by atoms with Gasteiger partial charge < -0.3 is 24.0 Å². The molecule has 3 amide bonds. The Kier molecular flexibility index (Phi) is 12.7. The molecule has 1 aromatic heterocycles. The fourth-order valence-electron chi connectivity index (χ4n) is 6.22. The summed E-state index contributed by atoms with van der Waals surface area (Å²) in [7, 11) is 0. The summed E-state index contributed by atoms with van der Waals surface area (Å²) in [4.78, 5) is 62.6. The monoisotopic (exact) mass is 730 g/mol. The van der Waals surface area contributed by atoms with Gasteiger partial charge in [0.05, 0.1) is 36.9 Å². The minimum absolute atomic E-state index is 0.150. The summed E-state index contributed by atoms with van der Waals surface area (Å²) < 4.78 is 16.6. The third-order valence-electron chi connectivity index (χ3n) is 8.40. The van der Waals surface area contributed by atoms with Crippen LogP contribution in [0.3, 0.4) is 0 Å². The summed E-state index contributed by atoms with van der Waals surface area (Å²) in [6.07, 6.45) is 1.06. The van der Waals surface area contributed by atoms with Gasteiger partial charge in [0.1, 0.15) is 11.6 Å². The lowest BCUT2D eigenvalue weighted by Crippen LogP contribution is -2.46. The summed E-state index contributed by atoms with van der Waals surface area (Å²) in [5.41, 5.74) is 1.95. The van der Waals surface area contributed by atoms with Crippen LogP contribution in [0, 0.1) is 11.8 Å². The van der Waals surface area contributed by atoms with Crippen molar-refractivity contribution in [1.82, 2.24) is 9.88 Å². The summed E-state index contributed by atoms with van der Waals surface area (Å²) in [5.74, 6) is 5.64. The maximum Gasteiger partial charge on any atom is 0.413 e. The average Bonchev–Trinajstić information content (AvgIpc) is 3.22. The molecule has 0 saturated heterocycles. The van der Waals surface area contributed by atoms with Gasteiger partial charge >= 0.3 is 12.1 Å². The van der Waals surface area contributed by atoms with Crippen molar-refractivity contribution in [3.05, 3.63) is 119 Å². The minimum atomic E-state index is -1.04. The van der Waals surface area contributed by atoms with E-state index < -0.39 is 35.7 Å². The maximum absolute atomic E-state index is 15.0. The molecule has 1 N–H and O–H groups in total. The van der Waals surface area contributed by atoms with Crippen LogP contribution >= 0.6 is 0 Å². The largest absolute Gasteiger partial charge is 0.489 e. The number of ether oxygens (including phenoxy) is 3. The lowest BCUT2D eigenvalue weighted by atomic mass is 9.95. The zero-order valence-electron chi connectivity index (χ0n) is 31.5. The average molecular weight is 731 g/mol. The number of carbonyl (C=O) groups is 4. The zero-order valence-corrected chi connectivity index (χ0v) is 31.5. The minimum Gasteiger partial charge on any atom is -0.489 e. The third-order valence-corrected chi connectivity index (χ3v) is 8.40. The molecule has 1 aliphatic rings. The highest BCUT2D eigenvalue weighted by Crippen LogP contribution is 2.42. The number of pyridine rings is 1. The van der Waals surface area contributed by atoms with Gasteiger partial charge in [0.15, 0.2) is 11.6 Å². The number of rotatable bonds is 11. The van der Waals surface area contributed by atoms with Crippen LogP contribution in [0.15, 0.2) is 97.2 Å². The molecule has 11 nitrogen and oxygen atoms in total. The Hall–Kier alpha value is -6.15. The van der Waals surface area contributed by atoms with Crippen LogP contribution in [0.4, 0.5) is 16.3 Å². The van der Waals surface area contributed by atoms with Crippen LogP contribution in [-0.2, 0) is 19.1 Å². The Morgan fingerprint density at radius 2 is 1.65 bits per heavy atom. The van der Waals surface area contributed by atoms with E-state index in [1.54, 1.807) is 62.9 Å². The SMILES string of the molecule is CCOC(=O)CC(c1ccccc1)N1C(=O)c2cc(C#CCCOc3cccnc3NC(=O)OC(C)(C)C)ccc2N(C(C)C)C(=O)C1c1ccccc1. The van der Waals surface area contributed by atoms with Gasteiger partial charge in [-0.15, -0.1) is 0 Å². The van der Waals surface area contributed by atoms with Gasteiger partial charge in [0.2, 0.25) is 0 Å². The predicted octanol–water partition coefficient (Wildman–Crippen LogP) is 7.88. The molecule has 2 atom stereocenters. The van der Waals surface area contributed by atoms with E-state index in [2.05, 4.69) is 22.1 Å². The van der Waals surface area contributed by atoms with Crippen LogP contribution in [0.2, 0.25) is 0 Å². The topological polar surface area (TPSA) is 127 Å². The molecular weight excluding hydrogens is 684 g/mol. The first-order valence-electron chi connectivity index (χ1n) is 18.0. The lowest BCUT2D eigenvalue weighted by Gasteiger charge is -2.37. The number of hydrogen-bond acceptors (Lipinski definition) is 8. The molecule has 0 radical (unpaired) electrons. The van der Waals surface area contributed by atoms with Crippen molar-refractivity contribution in [3.8, 4) is 17.6 Å². The van der Waals surface area contributed by atoms with Gasteiger partial charge in [-0.25, -0.2) is 9.78 Å². The number of aromatic nitrogens is 1. The molecule has 0 spiro atoms. The molecule has 2 unspecified atom stereocenters. The highest BCUT2D eigenvalue weighted by atomic mass is 16.6. The van der Waals surface area contributed by atoms with Gasteiger partial charge in [-0.2, -0.15) is 0 Å². The van der Waals surface area contributed by atoms with Crippen molar-refractivity contribution < 1.29 is 33.4 Å². The van der Waals surface area contributed by atoms with E-state index in [0.29, 0.717) is 34.5 Å². The van der Waals surface area contributed by atoms with Crippen molar-refractivity contribution in [1.29, 1.82) is 0 Å². The Morgan fingerprint density at radius 3 is 2.31 bits per heavy atom. The summed E-state index contributed by atoms with van der Waals surface area (Å²) in [5, 5.41) is 2.62. The van der Waals surface area contributed by atoms with E-state index in [-0.39, 0.29) is 43.0 Å². The Morgan fingerprint density at radius 1 is 0.944 bits per heavy atom. The Bertz CT molecular complexity index is 2020. The molecule has 0 aliphatic carbocycles. The number of nitrogens with one attached hydrogen (secondary N) is 1. The quantitative estimate of drug-likeness (QED) is 0.0939. The zero-order chi connectivity index (χ0) is 38.8. The van der Waals surface area contributed by atoms with Crippen molar-refractivity contribution in [2.24, 2.45) is 0 Å². The van der Waals surface area contributed by atoms with Crippen LogP contribution < -0.4 is 15.0 Å². The van der Waals surface area contributed by atoms with Crippen molar-refractivity contribution in [3.63, 3.8) is 0 Å². The second kappa shape index (κ2) is 17.6. The number of amides is 3. The van der Waals surface area contributed by atoms with Crippen molar-refractivity contribution in [2.45, 2.75) is 78.1 Å². The number of fused-ring (bicyclic) bond motifs is 1. The lowest BCUT2D eigenvalue weighted by molar-refractivity contribution is -0.145. The molecule has 4 aromatic rings. The fraction of sp³-hybridized carbons (Fsp3) is 0.326. The number of benzene rings is 3. The molecule has 0 fully saturated rings. The molecule has 54 heavy (non-hydrogen) atoms. The van der Waals surface area contributed by atoms with Gasteiger partial charge in [-0.05, 0) is 83.0 Å². The first kappa shape index (κ1) is 39.1. The van der Waals surface area contributed by atoms with Crippen LogP contribution in [0.25, 0.3) is 0 Å². The Balaban J connectivity index is 1.48. The van der Waals surface area contributed by atoms with E-state index >= 15 is 4.79 Å². The highest BCUT2D eigenvalue weighted by molar-refractivity contribution is 6.12. The molecule has 0 bridgehead atoms. The van der Waals surface area contributed by atoms with Crippen molar-refractivity contribution >= 4 is 35.4 Å². The van der Waals surface area contributed by atoms with E-state index in [1.807, 2.05) is 74.5 Å². The van der Waals surface area contributed by atoms with Crippen LogP contribution in [-0.4, -0.2) is 58.6 Å². The van der Waals surface area contributed by atoms with Gasteiger partial charge in [-0.3, -0.25) is 19.7 Å². The van der Waals surface area contributed by atoms with Gasteiger partial charge in [0.25, 0.3) is 11.8 Å². The smallest absolute Gasteiger partial charge is 0.413 e. The molecule has 2 heterocycles. The molecule has 11 heteroatoms. The van der Waals surface area contributed by atoms with Gasteiger partial charge in [-0.1, -0.05) is 72.5 Å². The molecule has 3 aromatic carbocycles. The maximum atomic E-state index is 15.0. The van der Waals surface area contributed by atoms with E-state index in [1.165, 1.54) is 11.1 Å². The van der Waals surface area contributed by atoms with Crippen LogP contribution in [0.5, 0.6) is 5.75 Å². The second-order valence-corrected chi connectivity index (χ2v) is 13.9. The summed E-state index contributed by atoms with van der Waals surface area (Å²) >= 11 is 0. The second-order valence-electron chi connectivity index (χ2n) is 13.9. The molecular formula is C43H46N4O7. The fourth-order valence-corrected chi connectivity index (χ4v) is 6.22. The number of nitrogens with zero attached hydrogens (tertiary/aromatic N) is 3. The van der Waals surface area contributed by atoms with Gasteiger partial charge in [0, 0.05) is 24.2 Å². The standard InChI is InChI=1S/C43H46N4O7/c1-7-52-37(48)28-35(31-18-10-8-11-19-31)47-38(32-20-12-9-13-21-32)41(50)46(29(2)3)34-24-23-30(27-33(34)40(47)49)17-14-15-26-53-36-22-16-25-44-39(36)45-42(51)54-43(4,5)6/h8-13,16,18-25,27,29,35,38H,7,15,26,28H2,1-6H3,(H,44,45,51). The third kappa shape index (κ3) is 9.63. The first-order chi connectivity index (χ1) is 25.9. The number of esters is 1. The van der Waals surface area contributed by atoms with E-state index in [0.717, 1.165) is 0 Å². The number of anilines is 2. The normalized spacial score (nSPS) is 14.7. The number of carbonyl (C=O) groups excluding carboxylic acids is 4. The Labute approximate surface area is 316 Å². The highest BCUT2D eigenvalue weighted by Gasteiger charge is 2.45. The molecule has 0 saturated carbocycles. The van der Waals surface area contributed by atoms with E-state index in [4.69, 9.17) is 14.2 Å². The van der Waals surface area contributed by atoms with Crippen molar-refractivity contribution in [2.75, 3.05) is 23.4 Å². The summed E-state index contributed by atoms with van der Waals surface area (Å²) in [6.45, 7) is 11.2. The molecule has 5 rings (SSSR count). The molecule has 280 valence electrons. The first-order valence-corrected chi connectivity index (χ1v) is 18.0. The summed E-state index contributed by atoms with van der Waals surface area (Å²) in [6, 6.07) is 24.9. The van der Waals surface area contributed by atoms with Crippen LogP contribution in [0.1, 0.15) is 93.5 Å². The predicted molar refractivity (Wildman–Crippen MR) is 206 cm³/mol.